The van der Waals surface area contributed by atoms with Gasteiger partial charge < -0.3 is 20.9 Å². The van der Waals surface area contributed by atoms with E-state index in [-0.39, 0.29) is 18.0 Å². The number of ether oxygens (including phenoxy) is 1. The first-order valence-electron chi connectivity index (χ1n) is 17.9. The van der Waals surface area contributed by atoms with Crippen LogP contribution in [0.2, 0.25) is 0 Å². The van der Waals surface area contributed by atoms with Gasteiger partial charge in [-0.05, 0) is 57.9 Å². The van der Waals surface area contributed by atoms with Crippen LogP contribution >= 0.6 is 0 Å². The highest BCUT2D eigenvalue weighted by Gasteiger charge is 2.19. The number of aliphatic carboxylic acids is 1. The summed E-state index contributed by atoms with van der Waals surface area (Å²) < 4.78 is 5.93. The molecule has 0 heterocycles. The lowest BCUT2D eigenvalue weighted by Gasteiger charge is -2.18. The third kappa shape index (κ3) is 27.2. The first-order valence-corrected chi connectivity index (χ1v) is 17.9. The number of nitrogens with two attached hydrogens (primary N) is 1. The van der Waals surface area contributed by atoms with E-state index in [0.29, 0.717) is 32.2 Å². The molecule has 0 saturated carbocycles. The third-order valence-electron chi connectivity index (χ3n) is 8.17. The fourth-order valence-corrected chi connectivity index (χ4v) is 5.45. The highest BCUT2D eigenvalue weighted by Crippen LogP contribution is 2.18. The summed E-state index contributed by atoms with van der Waals surface area (Å²) >= 11 is 0. The quantitative estimate of drug-likeness (QED) is 0.0527. The number of hydrogen-bond acceptors (Lipinski definition) is 5. The minimum absolute atomic E-state index is 0.00128. The van der Waals surface area contributed by atoms with Gasteiger partial charge in [-0.25, -0.2) is 4.79 Å². The molecule has 0 fully saturated rings. The lowest BCUT2D eigenvalue weighted by Crippen LogP contribution is -2.40. The average Bonchev–Trinajstić information content (AvgIpc) is 2.97. The van der Waals surface area contributed by atoms with Crippen LogP contribution in [0.5, 0.6) is 0 Å². The van der Waals surface area contributed by atoms with E-state index in [1.165, 1.54) is 89.9 Å². The topological polar surface area (TPSA) is 119 Å². The Morgan fingerprint density at radius 1 is 0.595 bits per heavy atom. The summed E-state index contributed by atoms with van der Waals surface area (Å²) in [5.41, 5.74) is 5.46. The van der Waals surface area contributed by atoms with Crippen LogP contribution < -0.4 is 11.1 Å². The molecule has 0 aliphatic carbocycles. The lowest BCUT2D eigenvalue weighted by molar-refractivity contribution is -0.150. The van der Waals surface area contributed by atoms with Crippen molar-refractivity contribution in [3.63, 3.8) is 0 Å². The van der Waals surface area contributed by atoms with Crippen molar-refractivity contribution in [2.24, 2.45) is 5.73 Å². The van der Waals surface area contributed by atoms with Crippen LogP contribution in [0.3, 0.4) is 0 Å². The Morgan fingerprint density at radius 3 is 1.48 bits per heavy atom. The minimum atomic E-state index is -1.01. The number of rotatable bonds is 32. The van der Waals surface area contributed by atoms with E-state index in [9.17, 15) is 19.5 Å². The zero-order valence-corrected chi connectivity index (χ0v) is 27.6. The van der Waals surface area contributed by atoms with E-state index >= 15 is 0 Å². The lowest BCUT2D eigenvalue weighted by atomic mass is 10.0. The molecular weight excluding hydrogens is 528 g/mol. The van der Waals surface area contributed by atoms with Gasteiger partial charge in [0.25, 0.3) is 0 Å². The van der Waals surface area contributed by atoms with E-state index in [2.05, 4.69) is 19.2 Å². The Kier molecular flexibility index (Phi) is 29.6. The molecule has 0 aromatic heterocycles. The van der Waals surface area contributed by atoms with Gasteiger partial charge in [0.1, 0.15) is 12.1 Å². The number of carboxylic acid groups (broad SMARTS) is 1. The van der Waals surface area contributed by atoms with Crippen LogP contribution in [0, 0.1) is 0 Å². The molecule has 7 heteroatoms. The molecule has 0 aliphatic heterocycles. The van der Waals surface area contributed by atoms with Crippen LogP contribution in [0.4, 0.5) is 0 Å². The standard InChI is InChI=1S/C35H68N2O5/c1-3-5-7-9-10-11-12-13-14-15-17-23-29-34(39)42-31(25-20-16-8-6-4-2)26-21-18-19-22-28-33(38)37-32(35(40)41)27-24-30-36/h31-32H,3-30,36H2,1-2H3,(H,37,38)(H,40,41). The van der Waals surface area contributed by atoms with Gasteiger partial charge in [0.05, 0.1) is 0 Å². The molecule has 42 heavy (non-hydrogen) atoms. The summed E-state index contributed by atoms with van der Waals surface area (Å²) in [7, 11) is 0. The van der Waals surface area contributed by atoms with Crippen molar-refractivity contribution in [2.45, 2.75) is 199 Å². The molecule has 2 atom stereocenters. The zero-order valence-electron chi connectivity index (χ0n) is 27.6. The SMILES string of the molecule is CCCCCCCCCCCCCCC(=O)OC(CCCCCCC)CCCCCCC(=O)NC(CCCN)C(=O)O. The Morgan fingerprint density at radius 2 is 1.02 bits per heavy atom. The van der Waals surface area contributed by atoms with Gasteiger partial charge in [-0.3, -0.25) is 9.59 Å². The number of amides is 1. The maximum absolute atomic E-state index is 12.6. The van der Waals surface area contributed by atoms with Crippen molar-refractivity contribution < 1.29 is 24.2 Å². The van der Waals surface area contributed by atoms with Crippen molar-refractivity contribution >= 4 is 17.8 Å². The van der Waals surface area contributed by atoms with E-state index in [1.807, 2.05) is 0 Å². The Bertz CT molecular complexity index is 643. The van der Waals surface area contributed by atoms with Crippen LogP contribution in [-0.4, -0.2) is 41.6 Å². The maximum atomic E-state index is 12.6. The second-order valence-electron chi connectivity index (χ2n) is 12.3. The summed E-state index contributed by atoms with van der Waals surface area (Å²) in [6.07, 6.45) is 28.6. The molecule has 0 bridgehead atoms. The minimum Gasteiger partial charge on any atom is -0.480 e. The number of carboxylic acids is 1. The maximum Gasteiger partial charge on any atom is 0.326 e. The molecule has 0 spiro atoms. The number of unbranched alkanes of at least 4 members (excludes halogenated alkanes) is 18. The van der Waals surface area contributed by atoms with Crippen molar-refractivity contribution in [2.75, 3.05) is 6.54 Å². The molecule has 0 radical (unpaired) electrons. The number of hydrogen-bond donors (Lipinski definition) is 3. The van der Waals surface area contributed by atoms with E-state index in [1.54, 1.807) is 0 Å². The summed E-state index contributed by atoms with van der Waals surface area (Å²) in [5, 5.41) is 11.9. The molecule has 248 valence electrons. The average molecular weight is 597 g/mol. The smallest absolute Gasteiger partial charge is 0.326 e. The van der Waals surface area contributed by atoms with Gasteiger partial charge in [0, 0.05) is 12.8 Å². The Balaban J connectivity index is 4.14. The molecule has 2 unspecified atom stereocenters. The van der Waals surface area contributed by atoms with Gasteiger partial charge in [-0.15, -0.1) is 0 Å². The zero-order chi connectivity index (χ0) is 31.1. The molecular formula is C35H68N2O5. The normalized spacial score (nSPS) is 12.6. The summed E-state index contributed by atoms with van der Waals surface area (Å²) in [5.74, 6) is -1.26. The Hall–Kier alpha value is -1.63. The van der Waals surface area contributed by atoms with Gasteiger partial charge in [-0.1, -0.05) is 123 Å². The van der Waals surface area contributed by atoms with Crippen LogP contribution in [0.15, 0.2) is 0 Å². The number of esters is 1. The van der Waals surface area contributed by atoms with Crippen LogP contribution in [0.25, 0.3) is 0 Å². The van der Waals surface area contributed by atoms with Crippen molar-refractivity contribution in [3.8, 4) is 0 Å². The second-order valence-corrected chi connectivity index (χ2v) is 12.3. The van der Waals surface area contributed by atoms with Crippen LogP contribution in [-0.2, 0) is 19.1 Å². The van der Waals surface area contributed by atoms with Gasteiger partial charge in [-0.2, -0.15) is 0 Å². The summed E-state index contributed by atoms with van der Waals surface area (Å²) in [6, 6.07) is -0.858. The molecule has 7 nitrogen and oxygen atoms in total. The molecule has 1 amide bonds. The molecule has 0 rings (SSSR count). The third-order valence-corrected chi connectivity index (χ3v) is 8.17. The van der Waals surface area contributed by atoms with E-state index in [0.717, 1.165) is 57.8 Å². The number of carbonyl (C=O) groups excluding carboxylic acids is 2. The highest BCUT2D eigenvalue weighted by atomic mass is 16.5. The first-order chi connectivity index (χ1) is 20.4. The molecule has 0 aliphatic rings. The predicted molar refractivity (Wildman–Crippen MR) is 175 cm³/mol. The molecule has 0 saturated heterocycles. The Labute approximate surface area is 258 Å². The molecule has 0 aromatic carbocycles. The monoisotopic (exact) mass is 597 g/mol. The predicted octanol–water partition coefficient (Wildman–Crippen LogP) is 9.00. The van der Waals surface area contributed by atoms with Crippen molar-refractivity contribution in [1.82, 2.24) is 5.32 Å². The summed E-state index contributed by atoms with van der Waals surface area (Å²) in [6.45, 7) is 4.89. The number of carbonyl (C=O) groups is 3. The van der Waals surface area contributed by atoms with Crippen molar-refractivity contribution in [1.29, 1.82) is 0 Å². The highest BCUT2D eigenvalue weighted by molar-refractivity contribution is 5.83. The van der Waals surface area contributed by atoms with E-state index < -0.39 is 12.0 Å². The van der Waals surface area contributed by atoms with Gasteiger partial charge >= 0.3 is 11.9 Å². The van der Waals surface area contributed by atoms with Gasteiger partial charge in [0.2, 0.25) is 5.91 Å². The summed E-state index contributed by atoms with van der Waals surface area (Å²) in [4.78, 5) is 36.0. The fraction of sp³-hybridized carbons (Fsp3) is 0.914. The van der Waals surface area contributed by atoms with Crippen molar-refractivity contribution in [3.05, 3.63) is 0 Å². The van der Waals surface area contributed by atoms with Gasteiger partial charge in [0.15, 0.2) is 0 Å². The number of nitrogens with one attached hydrogen (secondary N) is 1. The van der Waals surface area contributed by atoms with E-state index in [4.69, 9.17) is 10.5 Å². The molecule has 4 N–H and O–H groups in total. The molecule has 0 aromatic rings. The second kappa shape index (κ2) is 30.8. The largest absolute Gasteiger partial charge is 0.480 e. The first kappa shape index (κ1) is 40.4. The van der Waals surface area contributed by atoms with Crippen LogP contribution in [0.1, 0.15) is 187 Å². The fourth-order valence-electron chi connectivity index (χ4n) is 5.45.